The van der Waals surface area contributed by atoms with Gasteiger partial charge in [0.05, 0.1) is 6.61 Å². The van der Waals surface area contributed by atoms with Gasteiger partial charge in [0, 0.05) is 26.7 Å². The summed E-state index contributed by atoms with van der Waals surface area (Å²) in [5.74, 6) is 0. The fourth-order valence-electron chi connectivity index (χ4n) is 2.01. The summed E-state index contributed by atoms with van der Waals surface area (Å²) in [6, 6.07) is 0. The molecule has 2 rings (SSSR count). The van der Waals surface area contributed by atoms with Crippen LogP contribution in [0, 0.1) is 0 Å². The molecule has 7 heteroatoms. The molecule has 1 N–H and O–H groups in total. The number of hydrogen-bond acceptors (Lipinski definition) is 7. The van der Waals surface area contributed by atoms with Gasteiger partial charge in [-0.25, -0.2) is 0 Å². The molecular formula is C12H22N4O2S. The van der Waals surface area contributed by atoms with Crippen LogP contribution in [-0.4, -0.2) is 61.6 Å². The van der Waals surface area contributed by atoms with Crippen LogP contribution in [-0.2, 0) is 11.3 Å². The highest BCUT2D eigenvalue weighted by atomic mass is 32.1. The second kappa shape index (κ2) is 8.42. The predicted octanol–water partition coefficient (Wildman–Crippen LogP) is 0.749. The number of methoxy groups -OCH3 is 1. The highest BCUT2D eigenvalue weighted by Crippen LogP contribution is 2.17. The van der Waals surface area contributed by atoms with Crippen LogP contribution in [0.15, 0.2) is 0 Å². The lowest BCUT2D eigenvalue weighted by atomic mass is 10.4. The molecule has 0 unspecified atom stereocenters. The van der Waals surface area contributed by atoms with Crippen LogP contribution in [0.2, 0.25) is 0 Å². The maximum absolute atomic E-state index is 5.63. The third-order valence-corrected chi connectivity index (χ3v) is 3.87. The van der Waals surface area contributed by atoms with E-state index in [1.54, 1.807) is 7.11 Å². The molecule has 0 aliphatic carbocycles. The molecule has 0 bridgehead atoms. The molecule has 0 spiro atoms. The van der Waals surface area contributed by atoms with Crippen LogP contribution >= 0.6 is 11.3 Å². The Morgan fingerprint density at radius 2 is 2.11 bits per heavy atom. The number of aromatic nitrogens is 2. The van der Waals surface area contributed by atoms with E-state index in [1.807, 2.05) is 0 Å². The first-order valence-electron chi connectivity index (χ1n) is 6.75. The molecule has 1 fully saturated rings. The molecular weight excluding hydrogens is 264 g/mol. The summed E-state index contributed by atoms with van der Waals surface area (Å²) in [4.78, 5) is 2.42. The Hall–Kier alpha value is -0.760. The first-order chi connectivity index (χ1) is 9.38. The number of nitrogens with zero attached hydrogens (tertiary/aromatic N) is 3. The molecule has 1 aliphatic rings. The minimum atomic E-state index is 0.669. The van der Waals surface area contributed by atoms with Crippen LogP contribution in [0.4, 0.5) is 0 Å². The fourth-order valence-corrected chi connectivity index (χ4v) is 2.69. The number of ether oxygens (including phenoxy) is 2. The zero-order valence-electron chi connectivity index (χ0n) is 11.4. The Morgan fingerprint density at radius 1 is 1.26 bits per heavy atom. The van der Waals surface area contributed by atoms with Crippen molar-refractivity contribution in [2.75, 3.05) is 46.5 Å². The lowest BCUT2D eigenvalue weighted by molar-refractivity contribution is 0.199. The van der Waals surface area contributed by atoms with E-state index in [9.17, 15) is 0 Å². The van der Waals surface area contributed by atoms with Crippen LogP contribution in [0.5, 0.6) is 5.19 Å². The van der Waals surface area contributed by atoms with E-state index >= 15 is 0 Å². The smallest absolute Gasteiger partial charge is 0.294 e. The molecule has 2 heterocycles. The minimum Gasteiger partial charge on any atom is -0.468 e. The second-order valence-electron chi connectivity index (χ2n) is 4.53. The number of nitrogens with one attached hydrogen (secondary N) is 1. The summed E-state index contributed by atoms with van der Waals surface area (Å²) in [5, 5.41) is 13.0. The van der Waals surface area contributed by atoms with Gasteiger partial charge in [-0.2, -0.15) is 0 Å². The van der Waals surface area contributed by atoms with Crippen molar-refractivity contribution in [1.82, 2.24) is 20.4 Å². The molecule has 0 atom stereocenters. The van der Waals surface area contributed by atoms with Crippen LogP contribution < -0.4 is 10.1 Å². The normalized spacial score (nSPS) is 16.1. The SMILES string of the molecule is COCCNCc1nnc(OCCN2CCCC2)s1. The average Bonchev–Trinajstić information content (AvgIpc) is 3.07. The zero-order valence-corrected chi connectivity index (χ0v) is 12.2. The molecule has 108 valence electrons. The molecule has 0 radical (unpaired) electrons. The summed E-state index contributed by atoms with van der Waals surface area (Å²) < 4.78 is 10.6. The maximum Gasteiger partial charge on any atom is 0.294 e. The maximum atomic E-state index is 5.63. The van der Waals surface area contributed by atoms with Crippen molar-refractivity contribution in [3.63, 3.8) is 0 Å². The molecule has 0 aromatic carbocycles. The Labute approximate surface area is 118 Å². The zero-order chi connectivity index (χ0) is 13.3. The summed E-state index contributed by atoms with van der Waals surface area (Å²) in [6.07, 6.45) is 2.63. The quantitative estimate of drug-likeness (QED) is 0.676. The fraction of sp³-hybridized carbons (Fsp3) is 0.833. The Balaban J connectivity index is 1.60. The van der Waals surface area contributed by atoms with Gasteiger partial charge in [-0.3, -0.25) is 4.90 Å². The van der Waals surface area contributed by atoms with E-state index in [4.69, 9.17) is 9.47 Å². The standard InChI is InChI=1S/C12H22N4O2S/c1-17-8-4-13-10-11-14-15-12(19-11)18-9-7-16-5-2-3-6-16/h13H,2-10H2,1H3. The molecule has 1 saturated heterocycles. The van der Waals surface area contributed by atoms with E-state index in [-0.39, 0.29) is 0 Å². The third-order valence-electron chi connectivity index (χ3n) is 3.04. The number of likely N-dealkylation sites (tertiary alicyclic amines) is 1. The molecule has 6 nitrogen and oxygen atoms in total. The van der Waals surface area contributed by atoms with Gasteiger partial charge < -0.3 is 14.8 Å². The van der Waals surface area contributed by atoms with E-state index in [0.717, 1.165) is 24.6 Å². The van der Waals surface area contributed by atoms with E-state index < -0.39 is 0 Å². The predicted molar refractivity (Wildman–Crippen MR) is 74.7 cm³/mol. The van der Waals surface area contributed by atoms with Crippen molar-refractivity contribution in [3.05, 3.63) is 5.01 Å². The number of rotatable bonds is 9. The van der Waals surface area contributed by atoms with E-state index in [1.165, 1.54) is 37.3 Å². The molecule has 1 aromatic rings. The molecule has 0 saturated carbocycles. The van der Waals surface area contributed by atoms with Crippen molar-refractivity contribution in [2.24, 2.45) is 0 Å². The summed E-state index contributed by atoms with van der Waals surface area (Å²) in [7, 11) is 1.69. The van der Waals surface area contributed by atoms with Gasteiger partial charge in [-0.1, -0.05) is 11.3 Å². The Bertz CT molecular complexity index is 355. The molecule has 0 amide bonds. The summed E-state index contributed by atoms with van der Waals surface area (Å²) in [6.45, 7) is 6.34. The Morgan fingerprint density at radius 3 is 2.89 bits per heavy atom. The first-order valence-corrected chi connectivity index (χ1v) is 7.57. The van der Waals surface area contributed by atoms with Gasteiger partial charge in [0.2, 0.25) is 0 Å². The van der Waals surface area contributed by atoms with Crippen molar-refractivity contribution in [2.45, 2.75) is 19.4 Å². The monoisotopic (exact) mass is 286 g/mol. The summed E-state index contributed by atoms with van der Waals surface area (Å²) >= 11 is 1.51. The third kappa shape index (κ3) is 5.40. The van der Waals surface area contributed by atoms with Crippen molar-refractivity contribution < 1.29 is 9.47 Å². The van der Waals surface area contributed by atoms with Crippen molar-refractivity contribution in [3.8, 4) is 5.19 Å². The first kappa shape index (κ1) is 14.6. The lowest BCUT2D eigenvalue weighted by Crippen LogP contribution is -2.25. The van der Waals surface area contributed by atoms with Gasteiger partial charge in [0.1, 0.15) is 11.6 Å². The van der Waals surface area contributed by atoms with E-state index in [2.05, 4.69) is 20.4 Å². The van der Waals surface area contributed by atoms with Gasteiger partial charge in [-0.15, -0.1) is 10.2 Å². The van der Waals surface area contributed by atoms with Gasteiger partial charge >= 0.3 is 0 Å². The molecule has 1 aliphatic heterocycles. The number of hydrogen-bond donors (Lipinski definition) is 1. The van der Waals surface area contributed by atoms with Gasteiger partial charge in [0.25, 0.3) is 5.19 Å². The van der Waals surface area contributed by atoms with Gasteiger partial charge in [0.15, 0.2) is 0 Å². The molecule has 1 aromatic heterocycles. The highest BCUT2D eigenvalue weighted by Gasteiger charge is 2.11. The Kier molecular flexibility index (Phi) is 6.49. The van der Waals surface area contributed by atoms with Crippen molar-refractivity contribution in [1.29, 1.82) is 0 Å². The van der Waals surface area contributed by atoms with Gasteiger partial charge in [-0.05, 0) is 25.9 Å². The average molecular weight is 286 g/mol. The second-order valence-corrected chi connectivity index (χ2v) is 5.55. The van der Waals surface area contributed by atoms with E-state index in [0.29, 0.717) is 18.4 Å². The molecule has 19 heavy (non-hydrogen) atoms. The lowest BCUT2D eigenvalue weighted by Gasteiger charge is -2.13. The highest BCUT2D eigenvalue weighted by molar-refractivity contribution is 7.13. The van der Waals surface area contributed by atoms with Crippen molar-refractivity contribution >= 4 is 11.3 Å². The summed E-state index contributed by atoms with van der Waals surface area (Å²) in [5.41, 5.74) is 0. The largest absolute Gasteiger partial charge is 0.468 e. The van der Waals surface area contributed by atoms with Crippen LogP contribution in [0.25, 0.3) is 0 Å². The topological polar surface area (TPSA) is 59.5 Å². The minimum absolute atomic E-state index is 0.669. The van der Waals surface area contributed by atoms with Crippen LogP contribution in [0.3, 0.4) is 0 Å². The van der Waals surface area contributed by atoms with Crippen LogP contribution in [0.1, 0.15) is 17.8 Å².